The molecule has 2 heterocycles. The monoisotopic (exact) mass is 264 g/mol. The van der Waals surface area contributed by atoms with Gasteiger partial charge < -0.3 is 10.6 Å². The van der Waals surface area contributed by atoms with Gasteiger partial charge in [0.05, 0.1) is 0 Å². The van der Waals surface area contributed by atoms with Crippen LogP contribution in [0.2, 0.25) is 0 Å². The van der Waals surface area contributed by atoms with Gasteiger partial charge in [0.2, 0.25) is 0 Å². The first-order chi connectivity index (χ1) is 8.37. The number of fused-ring (bicyclic) bond motifs is 2. The van der Waals surface area contributed by atoms with Crippen LogP contribution >= 0.6 is 0 Å². The Bertz CT molecular complexity index is 266. The van der Waals surface area contributed by atoms with Crippen molar-refractivity contribution in [3.05, 3.63) is 0 Å². The van der Waals surface area contributed by atoms with E-state index in [0.29, 0.717) is 24.4 Å². The Balaban J connectivity index is 1.75. The average Bonchev–Trinajstić information content (AvgIpc) is 2.51. The van der Waals surface area contributed by atoms with E-state index >= 15 is 0 Å². The number of halogens is 3. The molecule has 5 heteroatoms. The first-order valence-corrected chi connectivity index (χ1v) is 6.91. The highest BCUT2D eigenvalue weighted by Gasteiger charge is 2.40. The van der Waals surface area contributed by atoms with Crippen LogP contribution in [0.15, 0.2) is 0 Å². The first kappa shape index (κ1) is 14.1. The predicted octanol–water partition coefficient (Wildman–Crippen LogP) is 2.92. The Kier molecular flexibility index (Phi) is 4.22. The van der Waals surface area contributed by atoms with Crippen LogP contribution in [0.1, 0.15) is 44.9 Å². The minimum atomic E-state index is -4.04. The second kappa shape index (κ2) is 5.37. The molecule has 0 amide bonds. The molecule has 0 aliphatic carbocycles. The topological polar surface area (TPSA) is 29.3 Å². The summed E-state index contributed by atoms with van der Waals surface area (Å²) in [6.45, 7) is 0. The van der Waals surface area contributed by atoms with Gasteiger partial charge in [0.15, 0.2) is 0 Å². The highest BCUT2D eigenvalue weighted by molar-refractivity contribution is 4.95. The average molecular weight is 264 g/mol. The van der Waals surface area contributed by atoms with Crippen LogP contribution in [0.25, 0.3) is 0 Å². The second-order valence-electron chi connectivity index (χ2n) is 5.95. The molecule has 2 aliphatic rings. The Morgan fingerprint density at radius 3 is 2.28 bits per heavy atom. The van der Waals surface area contributed by atoms with Gasteiger partial charge in [-0.1, -0.05) is 0 Å². The smallest absolute Gasteiger partial charge is 0.327 e. The Labute approximate surface area is 107 Å². The summed E-state index contributed by atoms with van der Waals surface area (Å²) in [5, 5.41) is 0. The normalized spacial score (nSPS) is 34.8. The predicted molar refractivity (Wildman–Crippen MR) is 65.2 cm³/mol. The van der Waals surface area contributed by atoms with Crippen LogP contribution in [0.3, 0.4) is 0 Å². The molecule has 2 rings (SSSR count). The van der Waals surface area contributed by atoms with Gasteiger partial charge in [0.1, 0.15) is 0 Å². The Hall–Kier alpha value is -0.290. The molecule has 3 atom stereocenters. The second-order valence-corrected chi connectivity index (χ2v) is 5.95. The zero-order chi connectivity index (χ0) is 13.3. The summed E-state index contributed by atoms with van der Waals surface area (Å²) in [5.41, 5.74) is 6.09. The van der Waals surface area contributed by atoms with Crippen LogP contribution in [0.4, 0.5) is 13.2 Å². The van der Waals surface area contributed by atoms with Crippen molar-refractivity contribution in [3.8, 4) is 0 Å². The summed E-state index contributed by atoms with van der Waals surface area (Å²) in [6, 6.07) is 1.17. The van der Waals surface area contributed by atoms with E-state index in [0.717, 1.165) is 12.8 Å². The maximum Gasteiger partial charge on any atom is 0.389 e. The number of piperidine rings is 1. The van der Waals surface area contributed by atoms with Gasteiger partial charge in [-0.3, -0.25) is 0 Å². The minimum absolute atomic E-state index is 0.0517. The van der Waals surface area contributed by atoms with E-state index in [9.17, 15) is 13.2 Å². The van der Waals surface area contributed by atoms with Crippen LogP contribution in [-0.4, -0.2) is 36.2 Å². The summed E-state index contributed by atoms with van der Waals surface area (Å²) in [4.78, 5) is 2.43. The molecule has 2 aliphatic heterocycles. The third-order valence-corrected chi connectivity index (χ3v) is 4.74. The number of rotatable bonds is 4. The lowest BCUT2D eigenvalue weighted by Gasteiger charge is -2.38. The quantitative estimate of drug-likeness (QED) is 0.846. The van der Waals surface area contributed by atoms with E-state index in [4.69, 9.17) is 5.73 Å². The Morgan fingerprint density at radius 2 is 1.78 bits per heavy atom. The minimum Gasteiger partial charge on any atom is -0.327 e. The number of hydrogen-bond acceptors (Lipinski definition) is 2. The summed E-state index contributed by atoms with van der Waals surface area (Å²) in [6.07, 6.45) is 0.547. The molecule has 2 fully saturated rings. The maximum atomic E-state index is 12.1. The van der Waals surface area contributed by atoms with Gasteiger partial charge in [-0.25, -0.2) is 0 Å². The van der Waals surface area contributed by atoms with Crippen molar-refractivity contribution in [2.75, 3.05) is 7.05 Å². The van der Waals surface area contributed by atoms with Crippen LogP contribution in [0, 0.1) is 5.92 Å². The van der Waals surface area contributed by atoms with E-state index in [1.165, 1.54) is 12.8 Å². The van der Waals surface area contributed by atoms with Crippen molar-refractivity contribution in [2.45, 2.75) is 69.2 Å². The van der Waals surface area contributed by atoms with Crippen LogP contribution in [0.5, 0.6) is 0 Å². The SMILES string of the molecule is CN1C2CCC1CC(C(N)CCCC(F)(F)F)C2. The van der Waals surface area contributed by atoms with E-state index < -0.39 is 12.6 Å². The third kappa shape index (κ3) is 3.38. The van der Waals surface area contributed by atoms with Crippen LogP contribution in [-0.2, 0) is 0 Å². The number of nitrogens with zero attached hydrogens (tertiary/aromatic N) is 1. The first-order valence-electron chi connectivity index (χ1n) is 6.91. The van der Waals surface area contributed by atoms with Crippen molar-refractivity contribution >= 4 is 0 Å². The highest BCUT2D eigenvalue weighted by Crippen LogP contribution is 2.39. The van der Waals surface area contributed by atoms with Crippen molar-refractivity contribution in [2.24, 2.45) is 11.7 Å². The fourth-order valence-corrected chi connectivity index (χ4v) is 3.58. The molecule has 2 N–H and O–H groups in total. The van der Waals surface area contributed by atoms with E-state index in [1.807, 2.05) is 0 Å². The van der Waals surface area contributed by atoms with Gasteiger partial charge in [0.25, 0.3) is 0 Å². The molecule has 0 radical (unpaired) electrons. The molecule has 2 nitrogen and oxygen atoms in total. The molecule has 0 spiro atoms. The maximum absolute atomic E-state index is 12.1. The van der Waals surface area contributed by atoms with E-state index in [-0.39, 0.29) is 12.5 Å². The molecule has 0 aromatic rings. The molecular formula is C13H23F3N2. The highest BCUT2D eigenvalue weighted by atomic mass is 19.4. The molecule has 2 bridgehead atoms. The molecule has 0 saturated carbocycles. The standard InChI is InChI=1S/C13H23F3N2/c1-18-10-4-5-11(18)8-9(7-10)12(17)3-2-6-13(14,15)16/h9-12H,2-8,17H2,1H3. The third-order valence-electron chi connectivity index (χ3n) is 4.74. The lowest BCUT2D eigenvalue weighted by Crippen LogP contribution is -2.45. The summed E-state index contributed by atoms with van der Waals surface area (Å²) >= 11 is 0. The van der Waals surface area contributed by atoms with E-state index in [1.54, 1.807) is 0 Å². The lowest BCUT2D eigenvalue weighted by molar-refractivity contribution is -0.136. The van der Waals surface area contributed by atoms with Crippen LogP contribution < -0.4 is 5.73 Å². The fraction of sp³-hybridized carbons (Fsp3) is 1.00. The van der Waals surface area contributed by atoms with Gasteiger partial charge in [-0.2, -0.15) is 13.2 Å². The number of nitrogens with two attached hydrogens (primary N) is 1. The van der Waals surface area contributed by atoms with Crippen molar-refractivity contribution in [1.82, 2.24) is 4.90 Å². The number of hydrogen-bond donors (Lipinski definition) is 1. The summed E-state index contributed by atoms with van der Waals surface area (Å²) < 4.78 is 36.3. The molecule has 0 aromatic heterocycles. The van der Waals surface area contributed by atoms with Crippen molar-refractivity contribution in [1.29, 1.82) is 0 Å². The van der Waals surface area contributed by atoms with Gasteiger partial charge in [-0.15, -0.1) is 0 Å². The van der Waals surface area contributed by atoms with Gasteiger partial charge in [0, 0.05) is 24.5 Å². The molecular weight excluding hydrogens is 241 g/mol. The number of alkyl halides is 3. The van der Waals surface area contributed by atoms with Crippen molar-refractivity contribution in [3.63, 3.8) is 0 Å². The van der Waals surface area contributed by atoms with E-state index in [2.05, 4.69) is 11.9 Å². The van der Waals surface area contributed by atoms with Crippen molar-refractivity contribution < 1.29 is 13.2 Å². The lowest BCUT2D eigenvalue weighted by atomic mass is 9.83. The molecule has 106 valence electrons. The molecule has 2 saturated heterocycles. The molecule has 18 heavy (non-hydrogen) atoms. The summed E-state index contributed by atoms with van der Waals surface area (Å²) in [7, 11) is 2.16. The zero-order valence-electron chi connectivity index (χ0n) is 10.9. The molecule has 0 aromatic carbocycles. The Morgan fingerprint density at radius 1 is 1.22 bits per heavy atom. The zero-order valence-corrected chi connectivity index (χ0v) is 10.9. The van der Waals surface area contributed by atoms with Gasteiger partial charge >= 0.3 is 6.18 Å². The summed E-state index contributed by atoms with van der Waals surface area (Å²) in [5.74, 6) is 0.423. The fourth-order valence-electron chi connectivity index (χ4n) is 3.58. The molecule has 3 unspecified atom stereocenters. The van der Waals surface area contributed by atoms with Gasteiger partial charge in [-0.05, 0) is 51.5 Å². The largest absolute Gasteiger partial charge is 0.389 e.